The van der Waals surface area contributed by atoms with Gasteiger partial charge in [0, 0.05) is 17.9 Å². The number of fused-ring (bicyclic) bond motifs is 1. The molecule has 3 aromatic rings. The molecule has 160 valence electrons. The number of amides is 1. The molecule has 7 heteroatoms. The van der Waals surface area contributed by atoms with Gasteiger partial charge in [-0.05, 0) is 61.2 Å². The quantitative estimate of drug-likeness (QED) is 0.431. The third kappa shape index (κ3) is 4.88. The molecule has 0 radical (unpaired) electrons. The fraction of sp³-hybridized carbons (Fsp3) is 0.292. The van der Waals surface area contributed by atoms with Gasteiger partial charge in [-0.2, -0.15) is 0 Å². The van der Waals surface area contributed by atoms with E-state index in [-0.39, 0.29) is 17.2 Å². The fourth-order valence-electron chi connectivity index (χ4n) is 3.65. The molecule has 0 saturated heterocycles. The second-order valence-electron chi connectivity index (χ2n) is 7.64. The monoisotopic (exact) mass is 451 g/mol. The number of anilines is 1. The van der Waals surface area contributed by atoms with Gasteiger partial charge < -0.3 is 5.32 Å². The van der Waals surface area contributed by atoms with Crippen molar-refractivity contribution >= 4 is 35.1 Å². The molecule has 1 aliphatic heterocycles. The molecule has 0 atom stereocenters. The molecule has 0 bridgehead atoms. The second-order valence-corrected chi connectivity index (χ2v) is 9.69. The highest BCUT2D eigenvalue weighted by Gasteiger charge is 2.23. The van der Waals surface area contributed by atoms with Crippen LogP contribution in [0.3, 0.4) is 0 Å². The predicted molar refractivity (Wildman–Crippen MR) is 129 cm³/mol. The van der Waals surface area contributed by atoms with Crippen molar-refractivity contribution in [1.82, 2.24) is 9.55 Å². The lowest BCUT2D eigenvalue weighted by Crippen LogP contribution is -2.25. The molecule has 0 fully saturated rings. The maximum Gasteiger partial charge on any atom is 0.272 e. The molecule has 0 spiro atoms. The summed E-state index contributed by atoms with van der Waals surface area (Å²) in [6.45, 7) is 6.13. The first-order valence-corrected chi connectivity index (χ1v) is 12.3. The summed E-state index contributed by atoms with van der Waals surface area (Å²) in [4.78, 5) is 31.4. The lowest BCUT2D eigenvalue weighted by molar-refractivity contribution is -0.113. The van der Waals surface area contributed by atoms with Crippen LogP contribution < -0.4 is 10.9 Å². The van der Waals surface area contributed by atoms with E-state index in [1.54, 1.807) is 16.3 Å². The normalized spacial score (nSPS) is 12.6. The maximum absolute atomic E-state index is 13.3. The zero-order valence-electron chi connectivity index (χ0n) is 17.9. The minimum atomic E-state index is -0.120. The second kappa shape index (κ2) is 9.32. The lowest BCUT2D eigenvalue weighted by Gasteiger charge is -2.15. The van der Waals surface area contributed by atoms with E-state index in [2.05, 4.69) is 18.3 Å². The standard InChI is InChI=1S/C24H25N3O2S2/c1-4-17-5-7-18(8-6-17)25-21(28)14-31-24-26-20-9-10-30-22(20)23(29)27(24)19-12-15(2)11-16(3)13-19/h5-8,11-13H,4,9-10,14H2,1-3H3,(H,25,28). The Labute approximate surface area is 190 Å². The van der Waals surface area contributed by atoms with Gasteiger partial charge in [-0.25, -0.2) is 4.98 Å². The van der Waals surface area contributed by atoms with Crippen LogP contribution in [0.5, 0.6) is 0 Å². The van der Waals surface area contributed by atoms with Crippen molar-refractivity contribution in [2.75, 3.05) is 16.8 Å². The number of nitrogens with one attached hydrogen (secondary N) is 1. The van der Waals surface area contributed by atoms with Crippen molar-refractivity contribution in [1.29, 1.82) is 0 Å². The van der Waals surface area contributed by atoms with Crippen molar-refractivity contribution in [2.24, 2.45) is 0 Å². The van der Waals surface area contributed by atoms with Crippen molar-refractivity contribution in [3.8, 4) is 5.69 Å². The van der Waals surface area contributed by atoms with Crippen LogP contribution in [-0.2, 0) is 17.6 Å². The Morgan fingerprint density at radius 3 is 2.55 bits per heavy atom. The summed E-state index contributed by atoms with van der Waals surface area (Å²) in [7, 11) is 0. The van der Waals surface area contributed by atoms with E-state index >= 15 is 0 Å². The number of aromatic nitrogens is 2. The summed E-state index contributed by atoms with van der Waals surface area (Å²) < 4.78 is 1.66. The average molecular weight is 452 g/mol. The number of benzene rings is 2. The van der Waals surface area contributed by atoms with E-state index in [1.807, 2.05) is 50.2 Å². The largest absolute Gasteiger partial charge is 0.325 e. The molecule has 0 saturated carbocycles. The molecule has 1 N–H and O–H groups in total. The summed E-state index contributed by atoms with van der Waals surface area (Å²) in [5, 5.41) is 3.49. The Morgan fingerprint density at radius 1 is 1.16 bits per heavy atom. The molecular weight excluding hydrogens is 426 g/mol. The van der Waals surface area contributed by atoms with Gasteiger partial charge in [-0.15, -0.1) is 11.8 Å². The van der Waals surface area contributed by atoms with E-state index < -0.39 is 0 Å². The van der Waals surface area contributed by atoms with Crippen molar-refractivity contribution < 1.29 is 4.79 Å². The molecule has 2 heterocycles. The number of rotatable bonds is 6. The molecule has 0 aliphatic carbocycles. The van der Waals surface area contributed by atoms with Gasteiger partial charge in [0.15, 0.2) is 5.16 Å². The van der Waals surface area contributed by atoms with Crippen LogP contribution in [0.1, 0.15) is 29.3 Å². The van der Waals surface area contributed by atoms with Crippen LogP contribution in [0.2, 0.25) is 0 Å². The van der Waals surface area contributed by atoms with Crippen LogP contribution in [0.25, 0.3) is 5.69 Å². The van der Waals surface area contributed by atoms with Crippen LogP contribution in [-0.4, -0.2) is 27.0 Å². The molecule has 1 aliphatic rings. The Kier molecular flexibility index (Phi) is 6.53. The Hall–Kier alpha value is -2.51. The molecular formula is C24H25N3O2S2. The number of carbonyl (C=O) groups excluding carboxylic acids is 1. The van der Waals surface area contributed by atoms with Crippen LogP contribution in [0.15, 0.2) is 57.3 Å². The van der Waals surface area contributed by atoms with Gasteiger partial charge in [0.2, 0.25) is 5.91 Å². The SMILES string of the molecule is CCc1ccc(NC(=O)CSc2nc3c(c(=O)n2-c2cc(C)cc(C)c2)SCC3)cc1. The van der Waals surface area contributed by atoms with E-state index in [1.165, 1.54) is 17.3 Å². The summed E-state index contributed by atoms with van der Waals surface area (Å²) in [5.41, 5.74) is 5.75. The summed E-state index contributed by atoms with van der Waals surface area (Å²) in [6.07, 6.45) is 1.74. The van der Waals surface area contributed by atoms with E-state index in [9.17, 15) is 9.59 Å². The van der Waals surface area contributed by atoms with Crippen molar-refractivity contribution in [3.63, 3.8) is 0 Å². The number of hydrogen-bond acceptors (Lipinski definition) is 5. The zero-order chi connectivity index (χ0) is 22.0. The van der Waals surface area contributed by atoms with Crippen LogP contribution in [0.4, 0.5) is 5.69 Å². The minimum Gasteiger partial charge on any atom is -0.325 e. The average Bonchev–Trinajstić information content (AvgIpc) is 3.21. The summed E-state index contributed by atoms with van der Waals surface area (Å²) in [6, 6.07) is 13.9. The smallest absolute Gasteiger partial charge is 0.272 e. The predicted octanol–water partition coefficient (Wildman–Crippen LogP) is 4.79. The third-order valence-corrected chi connectivity index (χ3v) is 7.16. The number of hydrogen-bond donors (Lipinski definition) is 1. The first-order chi connectivity index (χ1) is 14.9. The first kappa shape index (κ1) is 21.7. The van der Waals surface area contributed by atoms with Crippen LogP contribution >= 0.6 is 23.5 Å². The maximum atomic E-state index is 13.3. The first-order valence-electron chi connectivity index (χ1n) is 10.3. The van der Waals surface area contributed by atoms with Gasteiger partial charge in [-0.3, -0.25) is 14.2 Å². The third-order valence-electron chi connectivity index (χ3n) is 5.11. The Balaban J connectivity index is 1.60. The van der Waals surface area contributed by atoms with Crippen molar-refractivity contribution in [3.05, 3.63) is 75.2 Å². The summed E-state index contributed by atoms with van der Waals surface area (Å²) in [5.74, 6) is 0.927. The highest BCUT2D eigenvalue weighted by atomic mass is 32.2. The lowest BCUT2D eigenvalue weighted by atomic mass is 10.1. The van der Waals surface area contributed by atoms with Gasteiger partial charge in [0.1, 0.15) is 0 Å². The molecule has 31 heavy (non-hydrogen) atoms. The van der Waals surface area contributed by atoms with E-state index in [0.29, 0.717) is 5.16 Å². The number of nitrogens with zero attached hydrogens (tertiary/aromatic N) is 2. The number of aryl methyl sites for hydroxylation is 4. The molecule has 0 unspecified atom stereocenters. The highest BCUT2D eigenvalue weighted by molar-refractivity contribution is 8.00. The van der Waals surface area contributed by atoms with Crippen LogP contribution in [0, 0.1) is 13.8 Å². The minimum absolute atomic E-state index is 0.0458. The molecule has 5 nitrogen and oxygen atoms in total. The number of thioether (sulfide) groups is 2. The van der Waals surface area contributed by atoms with E-state index in [0.717, 1.165) is 51.7 Å². The molecule has 1 aromatic heterocycles. The van der Waals surface area contributed by atoms with Gasteiger partial charge in [-0.1, -0.05) is 36.9 Å². The van der Waals surface area contributed by atoms with Gasteiger partial charge in [0.25, 0.3) is 5.56 Å². The molecule has 1 amide bonds. The highest BCUT2D eigenvalue weighted by Crippen LogP contribution is 2.30. The van der Waals surface area contributed by atoms with Gasteiger partial charge in [0.05, 0.1) is 22.0 Å². The van der Waals surface area contributed by atoms with Gasteiger partial charge >= 0.3 is 0 Å². The molecule has 2 aromatic carbocycles. The van der Waals surface area contributed by atoms with Crippen molar-refractivity contribution in [2.45, 2.75) is 43.7 Å². The fourth-order valence-corrected chi connectivity index (χ4v) is 5.50. The topological polar surface area (TPSA) is 64.0 Å². The zero-order valence-corrected chi connectivity index (χ0v) is 19.5. The Bertz CT molecular complexity index is 1170. The Morgan fingerprint density at radius 2 is 1.87 bits per heavy atom. The number of carbonyl (C=O) groups is 1. The van der Waals surface area contributed by atoms with E-state index in [4.69, 9.17) is 4.98 Å². The summed E-state index contributed by atoms with van der Waals surface area (Å²) >= 11 is 2.86. The molecule has 4 rings (SSSR count).